The molecule has 0 radical (unpaired) electrons. The number of methoxy groups -OCH3 is 1. The Kier molecular flexibility index (Phi) is 6.52. The van der Waals surface area contributed by atoms with E-state index < -0.39 is 0 Å². The highest BCUT2D eigenvalue weighted by Crippen LogP contribution is 2.07. The molecule has 0 unspecified atom stereocenters. The number of amides is 1. The van der Waals surface area contributed by atoms with Crippen molar-refractivity contribution in [1.29, 1.82) is 0 Å². The van der Waals surface area contributed by atoms with Crippen molar-refractivity contribution in [2.45, 2.75) is 32.5 Å². The molecule has 1 aromatic rings. The first kappa shape index (κ1) is 15.7. The zero-order valence-corrected chi connectivity index (χ0v) is 12.2. The molecular weight excluding hydrogens is 244 g/mol. The second-order valence-corrected chi connectivity index (χ2v) is 4.67. The third-order valence-electron chi connectivity index (χ3n) is 3.24. The van der Waals surface area contributed by atoms with Crippen LogP contribution >= 0.6 is 0 Å². The summed E-state index contributed by atoms with van der Waals surface area (Å²) in [4.78, 5) is 17.8. The van der Waals surface area contributed by atoms with E-state index in [1.165, 1.54) is 0 Å². The van der Waals surface area contributed by atoms with Crippen LogP contribution in [0.2, 0.25) is 0 Å². The van der Waals surface area contributed by atoms with E-state index in [1.54, 1.807) is 20.4 Å². The summed E-state index contributed by atoms with van der Waals surface area (Å²) in [5, 5.41) is 2.65. The first-order chi connectivity index (χ1) is 9.08. The molecule has 0 spiro atoms. The quantitative estimate of drug-likeness (QED) is 0.745. The lowest BCUT2D eigenvalue weighted by molar-refractivity contribution is -0.121. The second-order valence-electron chi connectivity index (χ2n) is 4.67. The van der Waals surface area contributed by atoms with Crippen LogP contribution in [0, 0.1) is 0 Å². The van der Waals surface area contributed by atoms with Crippen molar-refractivity contribution >= 4 is 5.91 Å². The number of carbonyl (C=O) groups excluding carboxylic acids is 1. The average molecular weight is 268 g/mol. The van der Waals surface area contributed by atoms with Crippen LogP contribution in [0.3, 0.4) is 0 Å². The second kappa shape index (κ2) is 7.91. The van der Waals surface area contributed by atoms with Crippen molar-refractivity contribution in [3.8, 4) is 0 Å². The molecule has 1 N–H and O–H groups in total. The molecule has 1 atom stereocenters. The predicted octanol–water partition coefficient (Wildman–Crippen LogP) is 0.486. The summed E-state index contributed by atoms with van der Waals surface area (Å²) >= 11 is 0. The molecule has 19 heavy (non-hydrogen) atoms. The summed E-state index contributed by atoms with van der Waals surface area (Å²) in [6, 6.07) is 0.174. The summed E-state index contributed by atoms with van der Waals surface area (Å²) < 4.78 is 7.15. The van der Waals surface area contributed by atoms with Crippen LogP contribution in [0.1, 0.15) is 19.2 Å². The van der Waals surface area contributed by atoms with Gasteiger partial charge in [-0.25, -0.2) is 4.98 Å². The number of ether oxygens (including phenoxy) is 1. The van der Waals surface area contributed by atoms with E-state index in [2.05, 4.69) is 19.8 Å². The van der Waals surface area contributed by atoms with Crippen LogP contribution in [-0.4, -0.2) is 54.2 Å². The average Bonchev–Trinajstić information content (AvgIpc) is 2.83. The highest BCUT2D eigenvalue weighted by molar-refractivity contribution is 5.76. The molecule has 0 aliphatic heterocycles. The van der Waals surface area contributed by atoms with Gasteiger partial charge in [-0.05, 0) is 14.0 Å². The maximum Gasteiger partial charge on any atom is 0.221 e. The Balaban J connectivity index is 2.53. The molecule has 0 fully saturated rings. The largest absolute Gasteiger partial charge is 0.383 e. The van der Waals surface area contributed by atoms with Crippen molar-refractivity contribution < 1.29 is 9.53 Å². The van der Waals surface area contributed by atoms with Crippen LogP contribution < -0.4 is 5.32 Å². The molecule has 0 aliphatic carbocycles. The van der Waals surface area contributed by atoms with Crippen molar-refractivity contribution in [1.82, 2.24) is 19.8 Å². The topological polar surface area (TPSA) is 59.4 Å². The van der Waals surface area contributed by atoms with Gasteiger partial charge in [0.2, 0.25) is 5.91 Å². The molecule has 0 aromatic carbocycles. The van der Waals surface area contributed by atoms with Crippen LogP contribution in [0.5, 0.6) is 0 Å². The molecule has 0 saturated heterocycles. The van der Waals surface area contributed by atoms with Gasteiger partial charge in [0.1, 0.15) is 5.82 Å². The monoisotopic (exact) mass is 268 g/mol. The lowest BCUT2D eigenvalue weighted by Gasteiger charge is -2.24. The number of carbonyl (C=O) groups is 1. The molecular formula is C13H24N4O2. The van der Waals surface area contributed by atoms with Crippen LogP contribution in [0.25, 0.3) is 0 Å². The molecule has 6 nitrogen and oxygen atoms in total. The van der Waals surface area contributed by atoms with Gasteiger partial charge in [-0.15, -0.1) is 0 Å². The van der Waals surface area contributed by atoms with Gasteiger partial charge < -0.3 is 14.6 Å². The number of hydrogen-bond acceptors (Lipinski definition) is 4. The van der Waals surface area contributed by atoms with Crippen LogP contribution in [0.4, 0.5) is 0 Å². The zero-order chi connectivity index (χ0) is 14.3. The van der Waals surface area contributed by atoms with E-state index in [0.717, 1.165) is 18.9 Å². The molecule has 1 aromatic heterocycles. The van der Waals surface area contributed by atoms with Crippen LogP contribution in [0.15, 0.2) is 12.4 Å². The molecule has 6 heteroatoms. The smallest absolute Gasteiger partial charge is 0.221 e. The number of nitrogens with one attached hydrogen (secondary N) is 1. The summed E-state index contributed by atoms with van der Waals surface area (Å²) in [6.07, 6.45) is 4.24. The molecule has 1 amide bonds. The van der Waals surface area contributed by atoms with E-state index in [0.29, 0.717) is 13.0 Å². The van der Waals surface area contributed by atoms with Gasteiger partial charge in [0, 0.05) is 45.6 Å². The summed E-state index contributed by atoms with van der Waals surface area (Å²) in [6.45, 7) is 4.22. The summed E-state index contributed by atoms with van der Waals surface area (Å²) in [7, 11) is 5.35. The Morgan fingerprint density at radius 1 is 1.63 bits per heavy atom. The van der Waals surface area contributed by atoms with E-state index in [-0.39, 0.29) is 11.9 Å². The van der Waals surface area contributed by atoms with Crippen molar-refractivity contribution in [2.24, 2.45) is 0 Å². The van der Waals surface area contributed by atoms with Crippen molar-refractivity contribution in [2.75, 3.05) is 27.8 Å². The van der Waals surface area contributed by atoms with Crippen molar-refractivity contribution in [3.05, 3.63) is 18.2 Å². The number of nitrogens with zero attached hydrogens (tertiary/aromatic N) is 3. The molecule has 0 bridgehead atoms. The Morgan fingerprint density at radius 3 is 3.00 bits per heavy atom. The van der Waals surface area contributed by atoms with Gasteiger partial charge in [0.05, 0.1) is 13.2 Å². The maximum absolute atomic E-state index is 11.4. The maximum atomic E-state index is 11.4. The number of rotatable bonds is 8. The SMILES string of the molecule is CNC(=O)C[C@@H](C)N(C)Cc1nccn1CCOC. The van der Waals surface area contributed by atoms with Gasteiger partial charge in [-0.3, -0.25) is 9.69 Å². The fourth-order valence-electron chi connectivity index (χ4n) is 1.79. The first-order valence-corrected chi connectivity index (χ1v) is 6.48. The Hall–Kier alpha value is -1.40. The summed E-state index contributed by atoms with van der Waals surface area (Å²) in [5.74, 6) is 1.05. The molecule has 0 saturated carbocycles. The Bertz CT molecular complexity index is 392. The fraction of sp³-hybridized carbons (Fsp3) is 0.692. The zero-order valence-electron chi connectivity index (χ0n) is 12.2. The lowest BCUT2D eigenvalue weighted by Crippen LogP contribution is -2.34. The standard InChI is InChI=1S/C13H24N4O2/c1-11(9-13(18)14-2)16(3)10-12-15-5-6-17(12)7-8-19-4/h5-6,11H,7-10H2,1-4H3,(H,14,18)/t11-/m1/s1. The first-order valence-electron chi connectivity index (χ1n) is 6.48. The molecule has 108 valence electrons. The third kappa shape index (κ3) is 5.00. The number of aromatic nitrogens is 2. The highest BCUT2D eigenvalue weighted by Gasteiger charge is 2.15. The minimum atomic E-state index is 0.0575. The van der Waals surface area contributed by atoms with Crippen molar-refractivity contribution in [3.63, 3.8) is 0 Å². The van der Waals surface area contributed by atoms with E-state index in [9.17, 15) is 4.79 Å². The summed E-state index contributed by atoms with van der Waals surface area (Å²) in [5.41, 5.74) is 0. The van der Waals surface area contributed by atoms with E-state index in [1.807, 2.05) is 20.2 Å². The predicted molar refractivity (Wildman–Crippen MR) is 73.7 cm³/mol. The van der Waals surface area contributed by atoms with Gasteiger partial charge in [-0.2, -0.15) is 0 Å². The van der Waals surface area contributed by atoms with E-state index in [4.69, 9.17) is 4.74 Å². The van der Waals surface area contributed by atoms with Crippen LogP contribution in [-0.2, 0) is 22.6 Å². The minimum absolute atomic E-state index is 0.0575. The fourth-order valence-corrected chi connectivity index (χ4v) is 1.79. The van der Waals surface area contributed by atoms with E-state index >= 15 is 0 Å². The Labute approximate surface area is 114 Å². The van der Waals surface area contributed by atoms with Gasteiger partial charge >= 0.3 is 0 Å². The lowest BCUT2D eigenvalue weighted by atomic mass is 10.2. The van der Waals surface area contributed by atoms with Gasteiger partial charge in [0.25, 0.3) is 0 Å². The Morgan fingerprint density at radius 2 is 2.37 bits per heavy atom. The molecule has 0 aliphatic rings. The molecule has 1 rings (SSSR count). The normalized spacial score (nSPS) is 12.7. The van der Waals surface area contributed by atoms with Gasteiger partial charge in [0.15, 0.2) is 0 Å². The number of hydrogen-bond donors (Lipinski definition) is 1. The highest BCUT2D eigenvalue weighted by atomic mass is 16.5. The number of imidazole rings is 1. The van der Waals surface area contributed by atoms with Gasteiger partial charge in [-0.1, -0.05) is 0 Å². The minimum Gasteiger partial charge on any atom is -0.383 e. The third-order valence-corrected chi connectivity index (χ3v) is 3.24. The molecule has 1 heterocycles.